The zero-order valence-corrected chi connectivity index (χ0v) is 17.0. The van der Waals surface area contributed by atoms with E-state index in [0.29, 0.717) is 11.1 Å². The number of hydrogen-bond donors (Lipinski definition) is 0. The number of para-hydroxylation sites is 3. The van der Waals surface area contributed by atoms with Gasteiger partial charge in [0, 0.05) is 29.9 Å². The maximum atomic E-state index is 12.5. The van der Waals surface area contributed by atoms with Crippen molar-refractivity contribution in [1.29, 1.82) is 0 Å². The predicted molar refractivity (Wildman–Crippen MR) is 112 cm³/mol. The van der Waals surface area contributed by atoms with Crippen molar-refractivity contribution in [3.05, 3.63) is 76.4 Å². The summed E-state index contributed by atoms with van der Waals surface area (Å²) in [5.41, 5.74) is 3.57. The van der Waals surface area contributed by atoms with Gasteiger partial charge in [0.1, 0.15) is 6.54 Å². The first-order valence-electron chi connectivity index (χ1n) is 9.61. The van der Waals surface area contributed by atoms with Crippen LogP contribution in [0.4, 0.5) is 5.69 Å². The third-order valence-corrected chi connectivity index (χ3v) is 5.47. The first kappa shape index (κ1) is 19.7. The number of aromatic nitrogens is 1. The number of hydrogen-bond acceptors (Lipinski definition) is 6. The Hall–Kier alpha value is -3.61. The molecule has 0 unspecified atom stereocenters. The van der Waals surface area contributed by atoms with Crippen LogP contribution in [0.2, 0.25) is 0 Å². The molecule has 3 aromatic rings. The van der Waals surface area contributed by atoms with E-state index in [1.807, 2.05) is 36.2 Å². The Balaban J connectivity index is 1.44. The van der Waals surface area contributed by atoms with Crippen LogP contribution < -0.4 is 10.7 Å². The van der Waals surface area contributed by atoms with Crippen LogP contribution in [0.25, 0.3) is 11.1 Å². The summed E-state index contributed by atoms with van der Waals surface area (Å²) in [6.07, 6.45) is 1.52. The highest BCUT2D eigenvalue weighted by Crippen LogP contribution is 2.46. The lowest BCUT2D eigenvalue weighted by Gasteiger charge is -2.23. The molecule has 7 nitrogen and oxygen atoms in total. The lowest BCUT2D eigenvalue weighted by atomic mass is 9.83. The van der Waals surface area contributed by atoms with Gasteiger partial charge >= 0.3 is 11.7 Å². The van der Waals surface area contributed by atoms with Crippen LogP contribution in [0.5, 0.6) is 0 Å². The van der Waals surface area contributed by atoms with Crippen LogP contribution in [-0.4, -0.2) is 30.0 Å². The van der Waals surface area contributed by atoms with E-state index in [9.17, 15) is 14.4 Å². The molecule has 154 valence electrons. The van der Waals surface area contributed by atoms with Crippen LogP contribution in [0.1, 0.15) is 19.4 Å². The Morgan fingerprint density at radius 2 is 1.80 bits per heavy atom. The zero-order chi connectivity index (χ0) is 21.5. The number of carbonyl (C=O) groups excluding carboxylic acids is 2. The molecular weight excluding hydrogens is 384 g/mol. The molecule has 7 heteroatoms. The van der Waals surface area contributed by atoms with E-state index in [1.54, 1.807) is 24.3 Å². The summed E-state index contributed by atoms with van der Waals surface area (Å²) in [6.45, 7) is 3.39. The highest BCUT2D eigenvalue weighted by molar-refractivity contribution is 5.94. The minimum absolute atomic E-state index is 0.323. The molecule has 2 aromatic carbocycles. The summed E-state index contributed by atoms with van der Waals surface area (Å²) in [7, 11) is 1.91. The van der Waals surface area contributed by atoms with Crippen molar-refractivity contribution in [3.8, 4) is 0 Å². The Kier molecular flexibility index (Phi) is 4.81. The molecule has 30 heavy (non-hydrogen) atoms. The van der Waals surface area contributed by atoms with Crippen LogP contribution in [0.3, 0.4) is 0 Å². The highest BCUT2D eigenvalue weighted by Gasteiger charge is 2.38. The van der Waals surface area contributed by atoms with Crippen molar-refractivity contribution >= 4 is 28.5 Å². The molecule has 1 aliphatic heterocycles. The Labute approximate surface area is 173 Å². The van der Waals surface area contributed by atoms with Gasteiger partial charge in [0.2, 0.25) is 0 Å². The molecule has 1 aliphatic rings. The first-order valence-corrected chi connectivity index (χ1v) is 9.61. The molecule has 0 radical (unpaired) electrons. The van der Waals surface area contributed by atoms with E-state index < -0.39 is 18.3 Å². The van der Waals surface area contributed by atoms with Gasteiger partial charge in [-0.15, -0.1) is 0 Å². The fraction of sp³-hybridized carbons (Fsp3) is 0.261. The molecule has 4 rings (SSSR count). The molecule has 0 bridgehead atoms. The molecule has 0 aliphatic carbocycles. The lowest BCUT2D eigenvalue weighted by Crippen LogP contribution is -2.26. The van der Waals surface area contributed by atoms with Gasteiger partial charge in [-0.3, -0.25) is 14.2 Å². The van der Waals surface area contributed by atoms with Gasteiger partial charge in [-0.1, -0.05) is 44.2 Å². The minimum Gasteiger partial charge on any atom is -0.456 e. The summed E-state index contributed by atoms with van der Waals surface area (Å²) >= 11 is 0. The Morgan fingerprint density at radius 3 is 2.57 bits per heavy atom. The van der Waals surface area contributed by atoms with Crippen LogP contribution in [0, 0.1) is 0 Å². The van der Waals surface area contributed by atoms with E-state index in [1.165, 1.54) is 10.6 Å². The number of likely N-dealkylation sites (N-methyl/N-ethyl adjacent to an activating group) is 1. The number of carbonyl (C=O) groups is 2. The number of anilines is 1. The lowest BCUT2D eigenvalue weighted by molar-refractivity contribution is -0.147. The molecule has 2 heterocycles. The predicted octanol–water partition coefficient (Wildman–Crippen LogP) is 3.02. The number of nitrogens with zero attached hydrogens (tertiary/aromatic N) is 2. The zero-order valence-electron chi connectivity index (χ0n) is 17.0. The summed E-state index contributed by atoms with van der Waals surface area (Å²) in [5.74, 6) is -1.65. The van der Waals surface area contributed by atoms with Gasteiger partial charge in [0.15, 0.2) is 18.0 Å². The van der Waals surface area contributed by atoms with Gasteiger partial charge in [-0.05, 0) is 23.8 Å². The summed E-state index contributed by atoms with van der Waals surface area (Å²) in [6, 6.07) is 14.8. The van der Waals surface area contributed by atoms with Crippen LogP contribution in [0.15, 0.2) is 69.5 Å². The molecule has 0 saturated heterocycles. The second-order valence-corrected chi connectivity index (χ2v) is 7.78. The second-order valence-electron chi connectivity index (χ2n) is 7.78. The van der Waals surface area contributed by atoms with Crippen LogP contribution >= 0.6 is 0 Å². The number of rotatable bonds is 5. The smallest absolute Gasteiger partial charge is 0.420 e. The molecular formula is C23H22N2O5. The SMILES string of the molecule is CN1C(=CC(=O)COC(=O)Cn2c(=O)oc3ccccc32)C(C)(C)c2ccccc21. The fourth-order valence-corrected chi connectivity index (χ4v) is 3.94. The molecule has 1 aromatic heterocycles. The van der Waals surface area contributed by atoms with E-state index in [-0.39, 0.29) is 17.7 Å². The normalized spacial score (nSPS) is 16.1. The minimum atomic E-state index is -0.683. The van der Waals surface area contributed by atoms with E-state index in [0.717, 1.165) is 16.9 Å². The fourth-order valence-electron chi connectivity index (χ4n) is 3.94. The number of ether oxygens (including phenoxy) is 1. The molecule has 0 N–H and O–H groups in total. The van der Waals surface area contributed by atoms with Crippen molar-refractivity contribution < 1.29 is 18.7 Å². The number of allylic oxidation sites excluding steroid dienone is 1. The maximum Gasteiger partial charge on any atom is 0.420 e. The first-order chi connectivity index (χ1) is 14.3. The standard InChI is InChI=1S/C23H22N2O5/c1-23(2)16-8-4-5-9-17(16)24(3)20(23)12-15(26)14-29-21(27)13-25-18-10-6-7-11-19(18)30-22(25)28/h4-12H,13-14H2,1-3H3. The number of fused-ring (bicyclic) bond motifs is 2. The van der Waals surface area contributed by atoms with Crippen molar-refractivity contribution in [2.45, 2.75) is 25.8 Å². The van der Waals surface area contributed by atoms with Gasteiger partial charge in [0.25, 0.3) is 0 Å². The van der Waals surface area contributed by atoms with E-state index >= 15 is 0 Å². The van der Waals surface area contributed by atoms with Crippen LogP contribution in [-0.2, 0) is 26.3 Å². The molecule has 0 amide bonds. The van der Waals surface area contributed by atoms with Crippen molar-refractivity contribution in [3.63, 3.8) is 0 Å². The van der Waals surface area contributed by atoms with Crippen molar-refractivity contribution in [1.82, 2.24) is 4.57 Å². The second kappa shape index (κ2) is 7.33. The molecule has 0 atom stereocenters. The van der Waals surface area contributed by atoms with Gasteiger partial charge in [-0.25, -0.2) is 4.79 Å². The van der Waals surface area contributed by atoms with Crippen molar-refractivity contribution in [2.75, 3.05) is 18.6 Å². The third kappa shape index (κ3) is 3.32. The monoisotopic (exact) mass is 406 g/mol. The average molecular weight is 406 g/mol. The molecule has 0 saturated carbocycles. The van der Waals surface area contributed by atoms with Gasteiger partial charge in [-0.2, -0.15) is 0 Å². The number of benzene rings is 2. The summed E-state index contributed by atoms with van der Waals surface area (Å²) in [4.78, 5) is 38.7. The number of ketones is 1. The van der Waals surface area contributed by atoms with E-state index in [4.69, 9.17) is 9.15 Å². The maximum absolute atomic E-state index is 12.5. The Morgan fingerprint density at radius 1 is 1.10 bits per heavy atom. The Bertz CT molecular complexity index is 1230. The van der Waals surface area contributed by atoms with E-state index in [2.05, 4.69) is 13.8 Å². The largest absolute Gasteiger partial charge is 0.456 e. The third-order valence-electron chi connectivity index (χ3n) is 5.47. The number of esters is 1. The topological polar surface area (TPSA) is 81.8 Å². The summed E-state index contributed by atoms with van der Waals surface area (Å²) in [5, 5.41) is 0. The average Bonchev–Trinajstić information content (AvgIpc) is 3.13. The molecule has 0 spiro atoms. The summed E-state index contributed by atoms with van der Waals surface area (Å²) < 4.78 is 11.4. The van der Waals surface area contributed by atoms with Crippen molar-refractivity contribution in [2.24, 2.45) is 0 Å². The number of oxazole rings is 1. The van der Waals surface area contributed by atoms with Gasteiger partial charge < -0.3 is 14.1 Å². The highest BCUT2D eigenvalue weighted by atomic mass is 16.5. The van der Waals surface area contributed by atoms with Gasteiger partial charge in [0.05, 0.1) is 5.52 Å². The quantitative estimate of drug-likeness (QED) is 0.479. The molecule has 0 fully saturated rings.